The number of rotatable bonds is 4. The van der Waals surface area contributed by atoms with Crippen molar-refractivity contribution in [3.8, 4) is 0 Å². The van der Waals surface area contributed by atoms with Crippen LogP contribution in [0.4, 0.5) is 0 Å². The van der Waals surface area contributed by atoms with Crippen LogP contribution in [0.5, 0.6) is 0 Å². The van der Waals surface area contributed by atoms with Crippen molar-refractivity contribution in [3.63, 3.8) is 0 Å². The summed E-state index contributed by atoms with van der Waals surface area (Å²) in [5, 5.41) is 3.03. The highest BCUT2D eigenvalue weighted by Gasteiger charge is 2.14. The molecule has 1 aromatic carbocycles. The van der Waals surface area contributed by atoms with Gasteiger partial charge in [0.2, 0.25) is 0 Å². The van der Waals surface area contributed by atoms with Crippen molar-refractivity contribution in [2.45, 2.75) is 33.2 Å². The van der Waals surface area contributed by atoms with Gasteiger partial charge in [-0.2, -0.15) is 0 Å². The molecule has 0 spiro atoms. The Kier molecular flexibility index (Phi) is 5.25. The molecule has 2 nitrogen and oxygen atoms in total. The van der Waals surface area contributed by atoms with Crippen molar-refractivity contribution in [1.29, 1.82) is 0 Å². The Morgan fingerprint density at radius 2 is 2.12 bits per heavy atom. The number of hydrogen-bond donors (Lipinski definition) is 1. The minimum atomic E-state index is 0.0197. The van der Waals surface area contributed by atoms with Gasteiger partial charge in [-0.1, -0.05) is 26.3 Å². The topological polar surface area (TPSA) is 29.1 Å². The molecule has 0 aliphatic heterocycles. The molecule has 1 rings (SSSR count). The van der Waals surface area contributed by atoms with E-state index >= 15 is 0 Å². The van der Waals surface area contributed by atoms with Gasteiger partial charge >= 0.3 is 0 Å². The van der Waals surface area contributed by atoms with Crippen molar-refractivity contribution in [1.82, 2.24) is 5.32 Å². The van der Waals surface area contributed by atoms with Gasteiger partial charge in [0, 0.05) is 15.2 Å². The molecule has 0 aliphatic rings. The smallest absolute Gasteiger partial charge is 0.251 e. The van der Waals surface area contributed by atoms with Crippen LogP contribution in [-0.2, 0) is 0 Å². The van der Waals surface area contributed by atoms with E-state index < -0.39 is 0 Å². The summed E-state index contributed by atoms with van der Waals surface area (Å²) in [6, 6.07) is 7.86. The molecular formula is C13H18INO. The molecule has 1 aromatic rings. The van der Waals surface area contributed by atoms with Crippen LogP contribution in [0.25, 0.3) is 0 Å². The SMILES string of the molecule is CCC(C)C(C)NC(=O)c1cccc(I)c1. The van der Waals surface area contributed by atoms with Gasteiger partial charge in [0.1, 0.15) is 0 Å². The Morgan fingerprint density at radius 3 is 2.69 bits per heavy atom. The summed E-state index contributed by atoms with van der Waals surface area (Å²) in [6.07, 6.45) is 1.08. The molecule has 0 aliphatic carbocycles. The molecule has 2 atom stereocenters. The van der Waals surface area contributed by atoms with Crippen molar-refractivity contribution >= 4 is 28.5 Å². The first kappa shape index (κ1) is 13.5. The molecule has 2 unspecified atom stereocenters. The second kappa shape index (κ2) is 6.23. The Hall–Kier alpha value is -0.580. The average molecular weight is 331 g/mol. The zero-order chi connectivity index (χ0) is 12.1. The highest BCUT2D eigenvalue weighted by molar-refractivity contribution is 14.1. The monoisotopic (exact) mass is 331 g/mol. The summed E-state index contributed by atoms with van der Waals surface area (Å²) in [6.45, 7) is 6.35. The molecule has 0 saturated carbocycles. The maximum absolute atomic E-state index is 11.9. The number of carbonyl (C=O) groups is 1. The first-order valence-corrected chi connectivity index (χ1v) is 6.69. The van der Waals surface area contributed by atoms with Crippen LogP contribution in [0.3, 0.4) is 0 Å². The predicted molar refractivity (Wildman–Crippen MR) is 75.5 cm³/mol. The van der Waals surface area contributed by atoms with Gasteiger partial charge in [-0.15, -0.1) is 0 Å². The van der Waals surface area contributed by atoms with E-state index in [1.165, 1.54) is 0 Å². The zero-order valence-corrected chi connectivity index (χ0v) is 12.1. The number of halogens is 1. The van der Waals surface area contributed by atoms with Gasteiger partial charge in [0.05, 0.1) is 0 Å². The first-order valence-electron chi connectivity index (χ1n) is 5.61. The van der Waals surface area contributed by atoms with Crippen LogP contribution in [-0.4, -0.2) is 11.9 Å². The van der Waals surface area contributed by atoms with E-state index in [0.717, 1.165) is 15.6 Å². The molecule has 0 bridgehead atoms. The van der Waals surface area contributed by atoms with E-state index in [0.29, 0.717) is 5.92 Å². The number of benzene rings is 1. The maximum atomic E-state index is 11.9. The Morgan fingerprint density at radius 1 is 1.44 bits per heavy atom. The largest absolute Gasteiger partial charge is 0.349 e. The van der Waals surface area contributed by atoms with E-state index in [1.54, 1.807) is 0 Å². The van der Waals surface area contributed by atoms with E-state index in [9.17, 15) is 4.79 Å². The highest BCUT2D eigenvalue weighted by Crippen LogP contribution is 2.10. The second-order valence-corrected chi connectivity index (χ2v) is 5.40. The number of hydrogen-bond acceptors (Lipinski definition) is 1. The van der Waals surface area contributed by atoms with Crippen molar-refractivity contribution in [2.24, 2.45) is 5.92 Å². The lowest BCUT2D eigenvalue weighted by atomic mass is 10.0. The minimum absolute atomic E-state index is 0.0197. The summed E-state index contributed by atoms with van der Waals surface area (Å²) in [7, 11) is 0. The molecule has 0 saturated heterocycles. The molecule has 3 heteroatoms. The molecule has 1 amide bonds. The van der Waals surface area contributed by atoms with Crippen LogP contribution in [0.1, 0.15) is 37.6 Å². The van der Waals surface area contributed by atoms with Gasteiger partial charge in [-0.3, -0.25) is 4.79 Å². The van der Waals surface area contributed by atoms with E-state index in [4.69, 9.17) is 0 Å². The molecule has 16 heavy (non-hydrogen) atoms. The zero-order valence-electron chi connectivity index (χ0n) is 9.96. The van der Waals surface area contributed by atoms with Crippen LogP contribution in [0, 0.1) is 9.49 Å². The van der Waals surface area contributed by atoms with Gasteiger partial charge in [0.15, 0.2) is 0 Å². The summed E-state index contributed by atoms with van der Waals surface area (Å²) < 4.78 is 1.08. The van der Waals surface area contributed by atoms with Gasteiger partial charge in [0.25, 0.3) is 5.91 Å². The lowest BCUT2D eigenvalue weighted by molar-refractivity contribution is 0.0928. The molecule has 0 radical (unpaired) electrons. The van der Waals surface area contributed by atoms with Crippen LogP contribution >= 0.6 is 22.6 Å². The average Bonchev–Trinajstić information content (AvgIpc) is 2.27. The molecule has 1 N–H and O–H groups in total. The first-order chi connectivity index (χ1) is 7.54. The fourth-order valence-electron chi connectivity index (χ4n) is 1.42. The standard InChI is InChI=1S/C13H18INO/c1-4-9(2)10(3)15-13(16)11-6-5-7-12(14)8-11/h5-10H,4H2,1-3H3,(H,15,16). The number of carbonyl (C=O) groups excluding carboxylic acids is 1. The van der Waals surface area contributed by atoms with Crippen LogP contribution < -0.4 is 5.32 Å². The number of nitrogens with one attached hydrogen (secondary N) is 1. The third-order valence-electron chi connectivity index (χ3n) is 2.94. The summed E-state index contributed by atoms with van der Waals surface area (Å²) in [5.41, 5.74) is 0.738. The molecule has 88 valence electrons. The van der Waals surface area contributed by atoms with Gasteiger partial charge in [-0.25, -0.2) is 0 Å². The van der Waals surface area contributed by atoms with Gasteiger partial charge in [-0.05, 0) is 53.6 Å². The minimum Gasteiger partial charge on any atom is -0.349 e. The second-order valence-electron chi connectivity index (χ2n) is 4.16. The lowest BCUT2D eigenvalue weighted by Gasteiger charge is -2.19. The van der Waals surface area contributed by atoms with Crippen molar-refractivity contribution in [2.75, 3.05) is 0 Å². The van der Waals surface area contributed by atoms with Crippen LogP contribution in [0.2, 0.25) is 0 Å². The highest BCUT2D eigenvalue weighted by atomic mass is 127. The quantitative estimate of drug-likeness (QED) is 0.841. The Labute approximate surface area is 111 Å². The summed E-state index contributed by atoms with van der Waals surface area (Å²) in [4.78, 5) is 11.9. The summed E-state index contributed by atoms with van der Waals surface area (Å²) >= 11 is 2.21. The maximum Gasteiger partial charge on any atom is 0.251 e. The molecular weight excluding hydrogens is 313 g/mol. The third-order valence-corrected chi connectivity index (χ3v) is 3.61. The Bertz CT molecular complexity index is 365. The number of amides is 1. The molecule has 0 heterocycles. The fourth-order valence-corrected chi connectivity index (χ4v) is 1.96. The Balaban J connectivity index is 2.66. The fraction of sp³-hybridized carbons (Fsp3) is 0.462. The van der Waals surface area contributed by atoms with Crippen molar-refractivity contribution in [3.05, 3.63) is 33.4 Å². The lowest BCUT2D eigenvalue weighted by Crippen LogP contribution is -2.36. The third kappa shape index (κ3) is 3.77. The van der Waals surface area contributed by atoms with Crippen LogP contribution in [0.15, 0.2) is 24.3 Å². The van der Waals surface area contributed by atoms with Gasteiger partial charge < -0.3 is 5.32 Å². The van der Waals surface area contributed by atoms with E-state index in [1.807, 2.05) is 24.3 Å². The predicted octanol–water partition coefficient (Wildman–Crippen LogP) is 3.46. The van der Waals surface area contributed by atoms with E-state index in [-0.39, 0.29) is 11.9 Å². The molecule has 0 fully saturated rings. The van der Waals surface area contributed by atoms with E-state index in [2.05, 4.69) is 48.7 Å². The normalized spacial score (nSPS) is 14.2. The van der Waals surface area contributed by atoms with Crippen molar-refractivity contribution < 1.29 is 4.79 Å². The summed E-state index contributed by atoms with van der Waals surface area (Å²) in [5.74, 6) is 0.526. The molecule has 0 aromatic heterocycles.